The number of rotatable bonds is 5. The highest BCUT2D eigenvalue weighted by molar-refractivity contribution is 6.30. The molecule has 0 spiro atoms. The van der Waals surface area contributed by atoms with Gasteiger partial charge in [-0.1, -0.05) is 11.6 Å². The molecule has 3 rings (SSSR count). The van der Waals surface area contributed by atoms with Crippen molar-refractivity contribution in [2.45, 2.75) is 6.54 Å². The highest BCUT2D eigenvalue weighted by atomic mass is 35.5. The third-order valence-corrected chi connectivity index (χ3v) is 3.76. The van der Waals surface area contributed by atoms with Crippen LogP contribution in [-0.4, -0.2) is 21.7 Å². The number of amides is 3. The second-order valence-corrected chi connectivity index (χ2v) is 5.81. The van der Waals surface area contributed by atoms with Crippen LogP contribution in [0.15, 0.2) is 53.3 Å². The molecule has 2 aromatic heterocycles. The first kappa shape index (κ1) is 17.6. The van der Waals surface area contributed by atoms with Crippen molar-refractivity contribution in [3.8, 4) is 0 Å². The van der Waals surface area contributed by atoms with E-state index in [9.17, 15) is 9.59 Å². The normalized spacial score (nSPS) is 10.4. The minimum atomic E-state index is -0.500. The fourth-order valence-electron chi connectivity index (χ4n) is 2.28. The van der Waals surface area contributed by atoms with Crippen molar-refractivity contribution in [3.05, 3.63) is 65.3 Å². The molecule has 3 aromatic rings. The van der Waals surface area contributed by atoms with Gasteiger partial charge in [0.05, 0.1) is 24.7 Å². The lowest BCUT2D eigenvalue weighted by atomic mass is 10.3. The van der Waals surface area contributed by atoms with Crippen molar-refractivity contribution in [2.24, 2.45) is 7.05 Å². The Labute approximate surface area is 154 Å². The molecule has 0 radical (unpaired) electrons. The molecule has 0 bridgehead atoms. The Morgan fingerprint density at radius 3 is 2.65 bits per heavy atom. The van der Waals surface area contributed by atoms with Crippen molar-refractivity contribution in [3.63, 3.8) is 0 Å². The van der Waals surface area contributed by atoms with Gasteiger partial charge in [0.2, 0.25) is 0 Å². The molecule has 0 saturated carbocycles. The Morgan fingerprint density at radius 2 is 1.96 bits per heavy atom. The standard InChI is InChI=1S/C17H16ClN5O3/c1-23-15(16(24)19-9-13-3-2-8-26-13)14(10-20-23)22-17(25)21-12-6-4-11(18)5-7-12/h2-8,10H,9H2,1H3,(H,19,24)(H2,21,22,25). The molecule has 134 valence electrons. The zero-order chi connectivity index (χ0) is 18.5. The predicted octanol–water partition coefficient (Wildman–Crippen LogP) is 3.24. The third-order valence-electron chi connectivity index (χ3n) is 3.51. The van der Waals surface area contributed by atoms with Gasteiger partial charge in [-0.15, -0.1) is 0 Å². The molecule has 9 heteroatoms. The average Bonchev–Trinajstić information content (AvgIpc) is 3.25. The van der Waals surface area contributed by atoms with Crippen LogP contribution in [0.5, 0.6) is 0 Å². The topological polar surface area (TPSA) is 101 Å². The SMILES string of the molecule is Cn1ncc(NC(=O)Nc2ccc(Cl)cc2)c1C(=O)NCc1ccco1. The minimum absolute atomic E-state index is 0.225. The molecule has 3 N–H and O–H groups in total. The van der Waals surface area contributed by atoms with Crippen LogP contribution in [0.1, 0.15) is 16.2 Å². The molecule has 0 atom stereocenters. The fraction of sp³-hybridized carbons (Fsp3) is 0.118. The smallest absolute Gasteiger partial charge is 0.323 e. The zero-order valence-electron chi connectivity index (χ0n) is 13.8. The van der Waals surface area contributed by atoms with Crippen LogP contribution in [0.4, 0.5) is 16.2 Å². The summed E-state index contributed by atoms with van der Waals surface area (Å²) >= 11 is 5.81. The minimum Gasteiger partial charge on any atom is -0.467 e. The van der Waals surface area contributed by atoms with Crippen LogP contribution in [-0.2, 0) is 13.6 Å². The van der Waals surface area contributed by atoms with Gasteiger partial charge in [0.25, 0.3) is 5.91 Å². The fourth-order valence-corrected chi connectivity index (χ4v) is 2.41. The van der Waals surface area contributed by atoms with Gasteiger partial charge in [-0.2, -0.15) is 5.10 Å². The summed E-state index contributed by atoms with van der Waals surface area (Å²) in [6.07, 6.45) is 2.93. The lowest BCUT2D eigenvalue weighted by molar-refractivity contribution is 0.0939. The number of nitrogens with one attached hydrogen (secondary N) is 3. The number of hydrogen-bond donors (Lipinski definition) is 3. The number of aryl methyl sites for hydroxylation is 1. The first-order valence-corrected chi connectivity index (χ1v) is 8.07. The van der Waals surface area contributed by atoms with Gasteiger partial charge in [0.15, 0.2) is 0 Å². The van der Waals surface area contributed by atoms with E-state index in [1.165, 1.54) is 17.1 Å². The number of halogens is 1. The summed E-state index contributed by atoms with van der Waals surface area (Å²) in [5.41, 5.74) is 1.08. The molecule has 0 aliphatic rings. The third kappa shape index (κ3) is 4.22. The van der Waals surface area contributed by atoms with Gasteiger partial charge in [-0.25, -0.2) is 4.79 Å². The maximum absolute atomic E-state index is 12.4. The summed E-state index contributed by atoms with van der Waals surface area (Å²) in [7, 11) is 1.62. The molecular formula is C17H16ClN5O3. The van der Waals surface area contributed by atoms with E-state index < -0.39 is 6.03 Å². The molecule has 26 heavy (non-hydrogen) atoms. The van der Waals surface area contributed by atoms with Crippen molar-refractivity contribution in [1.29, 1.82) is 0 Å². The van der Waals surface area contributed by atoms with Crippen LogP contribution in [0.3, 0.4) is 0 Å². The molecule has 0 aliphatic heterocycles. The van der Waals surface area contributed by atoms with E-state index in [1.807, 2.05) is 0 Å². The average molecular weight is 374 g/mol. The van der Waals surface area contributed by atoms with Crippen LogP contribution in [0.25, 0.3) is 0 Å². The van der Waals surface area contributed by atoms with Crippen molar-refractivity contribution >= 4 is 34.9 Å². The van der Waals surface area contributed by atoms with Gasteiger partial charge in [-0.05, 0) is 36.4 Å². The van der Waals surface area contributed by atoms with Gasteiger partial charge in [-0.3, -0.25) is 9.48 Å². The van der Waals surface area contributed by atoms with Crippen LogP contribution in [0, 0.1) is 0 Å². The molecule has 0 unspecified atom stereocenters. The highest BCUT2D eigenvalue weighted by Crippen LogP contribution is 2.17. The Bertz CT molecular complexity index is 903. The lowest BCUT2D eigenvalue weighted by Gasteiger charge is -2.09. The molecule has 2 heterocycles. The zero-order valence-corrected chi connectivity index (χ0v) is 14.6. The second kappa shape index (κ2) is 7.75. The monoisotopic (exact) mass is 373 g/mol. The molecule has 0 aliphatic carbocycles. The summed E-state index contributed by atoms with van der Waals surface area (Å²) in [5, 5.41) is 12.6. The van der Waals surface area contributed by atoms with Crippen LogP contribution < -0.4 is 16.0 Å². The van der Waals surface area contributed by atoms with Gasteiger partial charge in [0.1, 0.15) is 11.5 Å². The molecule has 0 saturated heterocycles. The van der Waals surface area contributed by atoms with Crippen molar-refractivity contribution in [1.82, 2.24) is 15.1 Å². The number of urea groups is 1. The first-order valence-electron chi connectivity index (χ1n) is 7.69. The second-order valence-electron chi connectivity index (χ2n) is 5.38. The lowest BCUT2D eigenvalue weighted by Crippen LogP contribution is -2.27. The highest BCUT2D eigenvalue weighted by Gasteiger charge is 2.18. The quantitative estimate of drug-likeness (QED) is 0.639. The van der Waals surface area contributed by atoms with Gasteiger partial charge >= 0.3 is 6.03 Å². The van der Waals surface area contributed by atoms with Crippen molar-refractivity contribution < 1.29 is 14.0 Å². The number of hydrogen-bond acceptors (Lipinski definition) is 4. The summed E-state index contributed by atoms with van der Waals surface area (Å²) in [6, 6.07) is 9.65. The summed E-state index contributed by atoms with van der Waals surface area (Å²) in [5.74, 6) is 0.235. The number of nitrogens with zero attached hydrogens (tertiary/aromatic N) is 2. The number of aromatic nitrogens is 2. The Hall–Kier alpha value is -3.26. The summed E-state index contributed by atoms with van der Waals surface area (Å²) < 4.78 is 6.56. The van der Waals surface area contributed by atoms with Crippen molar-refractivity contribution in [2.75, 3.05) is 10.6 Å². The predicted molar refractivity (Wildman–Crippen MR) is 97.2 cm³/mol. The molecule has 1 aromatic carbocycles. The number of benzene rings is 1. The molecule has 0 fully saturated rings. The number of anilines is 2. The van der Waals surface area contributed by atoms with E-state index in [0.29, 0.717) is 16.5 Å². The Morgan fingerprint density at radius 1 is 1.19 bits per heavy atom. The Kier molecular flexibility index (Phi) is 5.23. The number of furan rings is 1. The summed E-state index contributed by atoms with van der Waals surface area (Å²) in [4.78, 5) is 24.6. The molecular weight excluding hydrogens is 358 g/mol. The molecule has 3 amide bonds. The molecule has 8 nitrogen and oxygen atoms in total. The largest absolute Gasteiger partial charge is 0.467 e. The maximum atomic E-state index is 12.4. The van der Waals surface area contributed by atoms with E-state index in [1.54, 1.807) is 43.4 Å². The van der Waals surface area contributed by atoms with Crippen LogP contribution in [0.2, 0.25) is 5.02 Å². The van der Waals surface area contributed by atoms with E-state index in [2.05, 4.69) is 21.0 Å². The van der Waals surface area contributed by atoms with Crippen LogP contribution >= 0.6 is 11.6 Å². The summed E-state index contributed by atoms with van der Waals surface area (Å²) in [6.45, 7) is 0.230. The number of carbonyl (C=O) groups is 2. The number of carbonyl (C=O) groups excluding carboxylic acids is 2. The van der Waals surface area contributed by atoms with Gasteiger partial charge in [0, 0.05) is 17.8 Å². The van der Waals surface area contributed by atoms with E-state index >= 15 is 0 Å². The van der Waals surface area contributed by atoms with E-state index in [4.69, 9.17) is 16.0 Å². The van der Waals surface area contributed by atoms with Gasteiger partial charge < -0.3 is 20.4 Å². The van der Waals surface area contributed by atoms with E-state index in [-0.39, 0.29) is 23.8 Å². The maximum Gasteiger partial charge on any atom is 0.323 e. The van der Waals surface area contributed by atoms with E-state index in [0.717, 1.165) is 0 Å². The first-order chi connectivity index (χ1) is 12.5. The Balaban J connectivity index is 1.65.